The molecular formula is C15H18BrN3. The van der Waals surface area contributed by atoms with Crippen LogP contribution in [-0.4, -0.2) is 23.1 Å². The third-order valence-corrected chi connectivity index (χ3v) is 4.16. The van der Waals surface area contributed by atoms with Crippen molar-refractivity contribution in [1.29, 1.82) is 0 Å². The Morgan fingerprint density at radius 3 is 2.53 bits per heavy atom. The van der Waals surface area contributed by atoms with E-state index in [-0.39, 0.29) is 0 Å². The molecule has 0 unspecified atom stereocenters. The topological polar surface area (TPSA) is 31.9 Å². The van der Waals surface area contributed by atoms with Crippen molar-refractivity contribution in [3.8, 4) is 11.3 Å². The number of hydrogen-bond acceptors (Lipinski definition) is 2. The highest BCUT2D eigenvalue weighted by molar-refractivity contribution is 9.08. The van der Waals surface area contributed by atoms with Crippen molar-refractivity contribution in [3.63, 3.8) is 0 Å². The largest absolute Gasteiger partial charge is 0.342 e. The van der Waals surface area contributed by atoms with Crippen LogP contribution in [0.3, 0.4) is 0 Å². The van der Waals surface area contributed by atoms with Gasteiger partial charge in [0.05, 0.1) is 11.4 Å². The Kier molecular flexibility index (Phi) is 3.87. The molecule has 1 aliphatic heterocycles. The molecule has 1 fully saturated rings. The molecule has 1 aliphatic rings. The summed E-state index contributed by atoms with van der Waals surface area (Å²) in [4.78, 5) is 10.6. The fraction of sp³-hybridized carbons (Fsp3) is 0.400. The van der Waals surface area contributed by atoms with Crippen molar-refractivity contribution < 1.29 is 0 Å². The number of hydrogen-bond donors (Lipinski definition) is 1. The van der Waals surface area contributed by atoms with Gasteiger partial charge in [0.25, 0.3) is 0 Å². The zero-order chi connectivity index (χ0) is 13.1. The SMILES string of the molecule is BrCc1[nH]c(N2CCCCC2)nc1-c1ccccc1. The molecule has 0 spiro atoms. The standard InChI is InChI=1S/C15H18BrN3/c16-11-13-14(12-7-3-1-4-8-12)18-15(17-13)19-9-5-2-6-10-19/h1,3-4,7-8H,2,5-6,9-11H2,(H,17,18). The van der Waals surface area contributed by atoms with Crippen LogP contribution in [0.1, 0.15) is 25.0 Å². The van der Waals surface area contributed by atoms with Crippen LogP contribution in [0.25, 0.3) is 11.3 Å². The van der Waals surface area contributed by atoms with E-state index in [9.17, 15) is 0 Å². The molecule has 2 aromatic rings. The molecule has 19 heavy (non-hydrogen) atoms. The molecule has 0 bridgehead atoms. The van der Waals surface area contributed by atoms with Gasteiger partial charge in [0.2, 0.25) is 5.95 Å². The van der Waals surface area contributed by atoms with E-state index < -0.39 is 0 Å². The van der Waals surface area contributed by atoms with E-state index in [0.29, 0.717) is 0 Å². The number of aromatic nitrogens is 2. The smallest absolute Gasteiger partial charge is 0.203 e. The van der Waals surface area contributed by atoms with E-state index in [4.69, 9.17) is 4.98 Å². The Morgan fingerprint density at radius 1 is 1.11 bits per heavy atom. The molecule has 0 atom stereocenters. The van der Waals surface area contributed by atoms with Gasteiger partial charge in [-0.2, -0.15) is 0 Å². The van der Waals surface area contributed by atoms with Gasteiger partial charge in [0, 0.05) is 24.0 Å². The van der Waals surface area contributed by atoms with E-state index >= 15 is 0 Å². The maximum absolute atomic E-state index is 4.82. The zero-order valence-electron chi connectivity index (χ0n) is 10.9. The summed E-state index contributed by atoms with van der Waals surface area (Å²) in [5, 5.41) is 0.804. The first-order valence-electron chi connectivity index (χ1n) is 6.83. The third-order valence-electron chi connectivity index (χ3n) is 3.60. The van der Waals surface area contributed by atoms with E-state index in [1.807, 2.05) is 6.07 Å². The molecular weight excluding hydrogens is 302 g/mol. The minimum atomic E-state index is 0.804. The predicted octanol–water partition coefficient (Wildman–Crippen LogP) is 3.96. The maximum atomic E-state index is 4.82. The number of nitrogens with zero attached hydrogens (tertiary/aromatic N) is 2. The highest BCUT2D eigenvalue weighted by Crippen LogP contribution is 2.27. The fourth-order valence-corrected chi connectivity index (χ4v) is 2.99. The number of imidazole rings is 1. The number of rotatable bonds is 3. The number of benzene rings is 1. The maximum Gasteiger partial charge on any atom is 0.203 e. The second kappa shape index (κ2) is 5.78. The Labute approximate surface area is 122 Å². The molecule has 3 nitrogen and oxygen atoms in total. The average molecular weight is 320 g/mol. The molecule has 0 radical (unpaired) electrons. The first-order chi connectivity index (χ1) is 9.38. The van der Waals surface area contributed by atoms with Crippen LogP contribution in [-0.2, 0) is 5.33 Å². The lowest BCUT2D eigenvalue weighted by molar-refractivity contribution is 0.570. The third kappa shape index (κ3) is 2.68. The highest BCUT2D eigenvalue weighted by atomic mass is 79.9. The lowest BCUT2D eigenvalue weighted by atomic mass is 10.1. The second-order valence-electron chi connectivity index (χ2n) is 4.93. The predicted molar refractivity (Wildman–Crippen MR) is 82.7 cm³/mol. The molecule has 0 amide bonds. The van der Waals surface area contributed by atoms with Gasteiger partial charge in [0.15, 0.2) is 0 Å². The van der Waals surface area contributed by atoms with Gasteiger partial charge in [-0.05, 0) is 19.3 Å². The number of anilines is 1. The monoisotopic (exact) mass is 319 g/mol. The summed E-state index contributed by atoms with van der Waals surface area (Å²) in [5.41, 5.74) is 3.40. The van der Waals surface area contributed by atoms with Crippen LogP contribution in [0.2, 0.25) is 0 Å². The summed E-state index contributed by atoms with van der Waals surface area (Å²) in [6, 6.07) is 10.4. The van der Waals surface area contributed by atoms with Crippen molar-refractivity contribution in [2.24, 2.45) is 0 Å². The van der Waals surface area contributed by atoms with Crippen LogP contribution in [0.15, 0.2) is 30.3 Å². The van der Waals surface area contributed by atoms with Gasteiger partial charge in [-0.15, -0.1) is 0 Å². The molecule has 0 saturated carbocycles. The first-order valence-corrected chi connectivity index (χ1v) is 7.96. The molecule has 1 aromatic heterocycles. The van der Waals surface area contributed by atoms with Crippen molar-refractivity contribution >= 4 is 21.9 Å². The van der Waals surface area contributed by atoms with Gasteiger partial charge in [-0.1, -0.05) is 46.3 Å². The van der Waals surface area contributed by atoms with Crippen molar-refractivity contribution in [1.82, 2.24) is 9.97 Å². The van der Waals surface area contributed by atoms with E-state index in [1.54, 1.807) is 0 Å². The van der Waals surface area contributed by atoms with E-state index in [2.05, 4.69) is 50.1 Å². The summed E-state index contributed by atoms with van der Waals surface area (Å²) < 4.78 is 0. The molecule has 0 aliphatic carbocycles. The number of H-pyrrole nitrogens is 1. The molecule has 2 heterocycles. The van der Waals surface area contributed by atoms with Crippen LogP contribution in [0, 0.1) is 0 Å². The summed E-state index contributed by atoms with van der Waals surface area (Å²) in [6.07, 6.45) is 3.88. The van der Waals surface area contributed by atoms with Crippen LogP contribution in [0.4, 0.5) is 5.95 Å². The molecule has 1 aromatic carbocycles. The molecule has 100 valence electrons. The Balaban J connectivity index is 1.94. The van der Waals surface area contributed by atoms with Gasteiger partial charge < -0.3 is 9.88 Å². The van der Waals surface area contributed by atoms with Gasteiger partial charge >= 0.3 is 0 Å². The fourth-order valence-electron chi connectivity index (χ4n) is 2.58. The summed E-state index contributed by atoms with van der Waals surface area (Å²) >= 11 is 3.55. The Morgan fingerprint density at radius 2 is 1.84 bits per heavy atom. The lowest BCUT2D eigenvalue weighted by Crippen LogP contribution is -2.30. The average Bonchev–Trinajstić information content (AvgIpc) is 2.93. The van der Waals surface area contributed by atoms with Crippen LogP contribution < -0.4 is 4.90 Å². The number of aromatic amines is 1. The molecule has 1 N–H and O–H groups in total. The summed E-state index contributed by atoms with van der Waals surface area (Å²) in [6.45, 7) is 2.23. The first kappa shape index (κ1) is 12.7. The van der Waals surface area contributed by atoms with Crippen molar-refractivity contribution in [2.45, 2.75) is 24.6 Å². The van der Waals surface area contributed by atoms with Gasteiger partial charge in [0.1, 0.15) is 0 Å². The molecule has 3 rings (SSSR count). The number of piperidine rings is 1. The van der Waals surface area contributed by atoms with Crippen molar-refractivity contribution in [2.75, 3.05) is 18.0 Å². The normalized spacial score (nSPS) is 15.7. The molecule has 4 heteroatoms. The highest BCUT2D eigenvalue weighted by Gasteiger charge is 2.17. The minimum absolute atomic E-state index is 0.804. The van der Waals surface area contributed by atoms with Gasteiger partial charge in [-0.25, -0.2) is 4.98 Å². The lowest BCUT2D eigenvalue weighted by Gasteiger charge is -2.25. The van der Waals surface area contributed by atoms with Crippen LogP contribution in [0.5, 0.6) is 0 Å². The number of alkyl halides is 1. The minimum Gasteiger partial charge on any atom is -0.342 e. The van der Waals surface area contributed by atoms with E-state index in [0.717, 1.165) is 35.8 Å². The van der Waals surface area contributed by atoms with Crippen molar-refractivity contribution in [3.05, 3.63) is 36.0 Å². The quantitative estimate of drug-likeness (QED) is 0.868. The zero-order valence-corrected chi connectivity index (χ0v) is 12.5. The van der Waals surface area contributed by atoms with E-state index in [1.165, 1.54) is 24.8 Å². The summed E-state index contributed by atoms with van der Waals surface area (Å²) in [7, 11) is 0. The second-order valence-corrected chi connectivity index (χ2v) is 5.50. The Hall–Kier alpha value is -1.29. The summed E-state index contributed by atoms with van der Waals surface area (Å²) in [5.74, 6) is 1.02. The molecule has 1 saturated heterocycles. The number of halogens is 1. The Bertz CT molecular complexity index is 530. The van der Waals surface area contributed by atoms with Crippen LogP contribution >= 0.6 is 15.9 Å². The number of nitrogens with one attached hydrogen (secondary N) is 1. The van der Waals surface area contributed by atoms with Gasteiger partial charge in [-0.3, -0.25) is 0 Å².